The third kappa shape index (κ3) is 2.50. The van der Waals surface area contributed by atoms with Crippen LogP contribution in [0.4, 0.5) is 0 Å². The highest BCUT2D eigenvalue weighted by Crippen LogP contribution is 2.28. The van der Waals surface area contributed by atoms with Crippen molar-refractivity contribution in [2.45, 2.75) is 26.2 Å². The van der Waals surface area contributed by atoms with Gasteiger partial charge in [-0.3, -0.25) is 0 Å². The molecule has 2 heterocycles. The Morgan fingerprint density at radius 2 is 2.28 bits per heavy atom. The summed E-state index contributed by atoms with van der Waals surface area (Å²) in [6.45, 7) is 3.90. The van der Waals surface area contributed by atoms with Crippen LogP contribution in [0.2, 0.25) is 5.28 Å². The van der Waals surface area contributed by atoms with Gasteiger partial charge >= 0.3 is 0 Å². The molecular formula is C12H11ClN4S. The van der Waals surface area contributed by atoms with Gasteiger partial charge in [0.15, 0.2) is 0 Å². The van der Waals surface area contributed by atoms with Gasteiger partial charge in [0.05, 0.1) is 17.5 Å². The molecule has 0 spiro atoms. The Morgan fingerprint density at radius 3 is 2.89 bits per heavy atom. The Labute approximate surface area is 114 Å². The van der Waals surface area contributed by atoms with E-state index in [1.165, 1.54) is 11.3 Å². The first-order chi connectivity index (χ1) is 8.65. The molecule has 0 saturated carbocycles. The van der Waals surface area contributed by atoms with Gasteiger partial charge in [-0.15, -0.1) is 11.3 Å². The quantitative estimate of drug-likeness (QED) is 0.809. The molecule has 0 amide bonds. The van der Waals surface area contributed by atoms with E-state index in [9.17, 15) is 5.26 Å². The fourth-order valence-electron chi connectivity index (χ4n) is 1.58. The van der Waals surface area contributed by atoms with Crippen molar-refractivity contribution in [3.8, 4) is 6.07 Å². The average Bonchev–Trinajstić information content (AvgIpc) is 2.83. The van der Waals surface area contributed by atoms with Crippen molar-refractivity contribution < 1.29 is 0 Å². The van der Waals surface area contributed by atoms with Crippen LogP contribution in [0, 0.1) is 18.3 Å². The van der Waals surface area contributed by atoms with Crippen LogP contribution in [-0.2, 0) is 6.42 Å². The van der Waals surface area contributed by atoms with Crippen LogP contribution < -0.4 is 0 Å². The summed E-state index contributed by atoms with van der Waals surface area (Å²) in [7, 11) is 0. The first-order valence-corrected chi connectivity index (χ1v) is 6.74. The second-order valence-electron chi connectivity index (χ2n) is 3.80. The summed E-state index contributed by atoms with van der Waals surface area (Å²) in [5, 5.41) is 12.2. The fourth-order valence-corrected chi connectivity index (χ4v) is 2.66. The van der Waals surface area contributed by atoms with E-state index in [-0.39, 0.29) is 5.28 Å². The van der Waals surface area contributed by atoms with Crippen LogP contribution in [0.3, 0.4) is 0 Å². The second kappa shape index (κ2) is 5.42. The highest BCUT2D eigenvalue weighted by atomic mass is 35.5. The molecule has 0 aliphatic carbocycles. The monoisotopic (exact) mass is 278 g/mol. The molecule has 2 rings (SSSR count). The number of aryl methyl sites for hydroxylation is 2. The van der Waals surface area contributed by atoms with E-state index < -0.39 is 5.92 Å². The molecule has 0 aromatic carbocycles. The molecule has 2 aromatic heterocycles. The van der Waals surface area contributed by atoms with E-state index in [1.807, 2.05) is 19.2 Å². The van der Waals surface area contributed by atoms with Crippen LogP contribution in [0.5, 0.6) is 0 Å². The molecule has 1 unspecified atom stereocenters. The van der Waals surface area contributed by atoms with Crippen molar-refractivity contribution in [2.75, 3.05) is 0 Å². The van der Waals surface area contributed by atoms with Gasteiger partial charge in [0.25, 0.3) is 0 Å². The standard InChI is InChI=1S/C12H11ClN4S/c1-3-8-6-18-11(16-8)9(4-14)10-7(2)5-15-12(13)17-10/h5-6,9H,3H2,1-2H3. The van der Waals surface area contributed by atoms with Crippen LogP contribution in [0.15, 0.2) is 11.6 Å². The molecule has 0 fully saturated rings. The van der Waals surface area contributed by atoms with Gasteiger partial charge in [0.2, 0.25) is 5.28 Å². The van der Waals surface area contributed by atoms with Crippen molar-refractivity contribution >= 4 is 22.9 Å². The van der Waals surface area contributed by atoms with E-state index >= 15 is 0 Å². The van der Waals surface area contributed by atoms with Crippen molar-refractivity contribution in [2.24, 2.45) is 0 Å². The maximum atomic E-state index is 9.34. The summed E-state index contributed by atoms with van der Waals surface area (Å²) >= 11 is 7.27. The van der Waals surface area contributed by atoms with E-state index in [2.05, 4.69) is 21.0 Å². The average molecular weight is 279 g/mol. The third-order valence-electron chi connectivity index (χ3n) is 2.56. The van der Waals surface area contributed by atoms with Crippen molar-refractivity contribution in [3.63, 3.8) is 0 Å². The van der Waals surface area contributed by atoms with Crippen LogP contribution in [-0.4, -0.2) is 15.0 Å². The summed E-state index contributed by atoms with van der Waals surface area (Å²) in [6, 6.07) is 2.24. The minimum absolute atomic E-state index is 0.156. The van der Waals surface area contributed by atoms with E-state index in [0.717, 1.165) is 22.7 Å². The number of nitrogens with zero attached hydrogens (tertiary/aromatic N) is 4. The summed E-state index contributed by atoms with van der Waals surface area (Å²) in [6.07, 6.45) is 2.49. The van der Waals surface area contributed by atoms with E-state index in [0.29, 0.717) is 5.69 Å². The van der Waals surface area contributed by atoms with Gasteiger partial charge < -0.3 is 0 Å². The van der Waals surface area contributed by atoms with Crippen LogP contribution in [0.25, 0.3) is 0 Å². The number of nitriles is 1. The fraction of sp³-hybridized carbons (Fsp3) is 0.333. The highest BCUT2D eigenvalue weighted by molar-refractivity contribution is 7.09. The molecule has 0 aliphatic rings. The highest BCUT2D eigenvalue weighted by Gasteiger charge is 2.21. The first-order valence-electron chi connectivity index (χ1n) is 5.48. The Kier molecular flexibility index (Phi) is 3.90. The van der Waals surface area contributed by atoms with Crippen LogP contribution >= 0.6 is 22.9 Å². The van der Waals surface area contributed by atoms with Gasteiger partial charge in [-0.05, 0) is 30.5 Å². The second-order valence-corrected chi connectivity index (χ2v) is 5.03. The zero-order chi connectivity index (χ0) is 13.1. The van der Waals surface area contributed by atoms with E-state index in [4.69, 9.17) is 11.6 Å². The number of thiazole rings is 1. The molecular weight excluding hydrogens is 268 g/mol. The van der Waals surface area contributed by atoms with E-state index in [1.54, 1.807) is 6.20 Å². The smallest absolute Gasteiger partial charge is 0.222 e. The predicted molar refractivity (Wildman–Crippen MR) is 70.7 cm³/mol. The van der Waals surface area contributed by atoms with Crippen molar-refractivity contribution in [1.82, 2.24) is 15.0 Å². The maximum absolute atomic E-state index is 9.34. The third-order valence-corrected chi connectivity index (χ3v) is 3.70. The number of rotatable bonds is 3. The largest absolute Gasteiger partial charge is 0.244 e. The summed E-state index contributed by atoms with van der Waals surface area (Å²) < 4.78 is 0. The lowest BCUT2D eigenvalue weighted by atomic mass is 10.0. The molecule has 0 N–H and O–H groups in total. The molecule has 0 radical (unpaired) electrons. The summed E-state index contributed by atoms with van der Waals surface area (Å²) in [5.74, 6) is -0.476. The Hall–Kier alpha value is -1.51. The topological polar surface area (TPSA) is 62.5 Å². The molecule has 0 bridgehead atoms. The number of aromatic nitrogens is 3. The minimum Gasteiger partial charge on any atom is -0.244 e. The zero-order valence-corrected chi connectivity index (χ0v) is 11.6. The summed E-state index contributed by atoms with van der Waals surface area (Å²) in [4.78, 5) is 12.5. The molecule has 92 valence electrons. The number of hydrogen-bond acceptors (Lipinski definition) is 5. The van der Waals surface area contributed by atoms with Crippen molar-refractivity contribution in [3.05, 3.63) is 38.8 Å². The van der Waals surface area contributed by atoms with Crippen LogP contribution in [0.1, 0.15) is 34.8 Å². The summed E-state index contributed by atoms with van der Waals surface area (Å²) in [5.41, 5.74) is 2.47. The molecule has 0 saturated heterocycles. The zero-order valence-electron chi connectivity index (χ0n) is 10.0. The molecule has 18 heavy (non-hydrogen) atoms. The Balaban J connectivity index is 2.45. The lowest BCUT2D eigenvalue weighted by Crippen LogP contribution is -2.05. The lowest BCUT2D eigenvalue weighted by molar-refractivity contribution is 0.896. The van der Waals surface area contributed by atoms with Gasteiger partial charge in [-0.25, -0.2) is 15.0 Å². The Bertz CT molecular complexity index is 602. The number of hydrogen-bond donors (Lipinski definition) is 0. The SMILES string of the molecule is CCc1csc(C(C#N)c2nc(Cl)ncc2C)n1. The van der Waals surface area contributed by atoms with Gasteiger partial charge in [-0.2, -0.15) is 5.26 Å². The van der Waals surface area contributed by atoms with Gasteiger partial charge in [0, 0.05) is 11.6 Å². The number of halogens is 1. The first kappa shape index (κ1) is 12.9. The van der Waals surface area contributed by atoms with Gasteiger partial charge in [0.1, 0.15) is 10.9 Å². The normalized spacial score (nSPS) is 12.1. The van der Waals surface area contributed by atoms with Gasteiger partial charge in [-0.1, -0.05) is 6.92 Å². The Morgan fingerprint density at radius 1 is 1.50 bits per heavy atom. The maximum Gasteiger partial charge on any atom is 0.222 e. The molecule has 2 aromatic rings. The molecule has 6 heteroatoms. The minimum atomic E-state index is -0.476. The lowest BCUT2D eigenvalue weighted by Gasteiger charge is -2.08. The molecule has 0 aliphatic heterocycles. The molecule has 4 nitrogen and oxygen atoms in total. The van der Waals surface area contributed by atoms with Crippen molar-refractivity contribution in [1.29, 1.82) is 5.26 Å². The molecule has 1 atom stereocenters. The predicted octanol–water partition coefficient (Wildman–Crippen LogP) is 3.11.